The number of amides is 1. The summed E-state index contributed by atoms with van der Waals surface area (Å²) in [5, 5.41) is 14.9. The number of aliphatic hydroxyl groups is 1. The van der Waals surface area contributed by atoms with Crippen LogP contribution in [0.5, 0.6) is 0 Å². The number of hydrogen-bond acceptors (Lipinski definition) is 3. The number of rotatable bonds is 5. The second kappa shape index (κ2) is 7.24. The van der Waals surface area contributed by atoms with Gasteiger partial charge < -0.3 is 15.7 Å². The maximum atomic E-state index is 13.1. The van der Waals surface area contributed by atoms with Crippen molar-refractivity contribution >= 4 is 28.9 Å². The Morgan fingerprint density at radius 2 is 2.00 bits per heavy atom. The Balaban J connectivity index is 2.12. The van der Waals surface area contributed by atoms with E-state index in [1.807, 2.05) is 13.0 Å². The van der Waals surface area contributed by atoms with Crippen molar-refractivity contribution < 1.29 is 14.3 Å². The van der Waals surface area contributed by atoms with Gasteiger partial charge in [-0.2, -0.15) is 0 Å². The van der Waals surface area contributed by atoms with Crippen molar-refractivity contribution in [3.63, 3.8) is 0 Å². The summed E-state index contributed by atoms with van der Waals surface area (Å²) >= 11 is 6.04. The van der Waals surface area contributed by atoms with E-state index in [4.69, 9.17) is 16.7 Å². The van der Waals surface area contributed by atoms with Gasteiger partial charge in [-0.25, -0.2) is 4.39 Å². The van der Waals surface area contributed by atoms with Gasteiger partial charge in [-0.15, -0.1) is 0 Å². The fourth-order valence-electron chi connectivity index (χ4n) is 2.07. The molecule has 0 radical (unpaired) electrons. The van der Waals surface area contributed by atoms with E-state index in [-0.39, 0.29) is 11.9 Å². The monoisotopic (exact) mass is 322 g/mol. The molecule has 0 aliphatic rings. The van der Waals surface area contributed by atoms with Crippen molar-refractivity contribution in [2.24, 2.45) is 0 Å². The van der Waals surface area contributed by atoms with Gasteiger partial charge in [0.2, 0.25) is 5.91 Å². The molecule has 0 heterocycles. The molecule has 0 aliphatic heterocycles. The fourth-order valence-corrected chi connectivity index (χ4v) is 2.40. The van der Waals surface area contributed by atoms with E-state index in [1.165, 1.54) is 12.1 Å². The number of carbonyl (C=O) groups excluding carboxylic acids is 1. The Bertz CT molecular complexity index is 679. The quantitative estimate of drug-likeness (QED) is 0.788. The second-order valence-electron chi connectivity index (χ2n) is 4.82. The van der Waals surface area contributed by atoms with Crippen LogP contribution in [0, 0.1) is 5.82 Å². The van der Waals surface area contributed by atoms with Crippen LogP contribution in [0.3, 0.4) is 0 Å². The molecule has 4 nitrogen and oxygen atoms in total. The van der Waals surface area contributed by atoms with Crippen molar-refractivity contribution in [3.8, 4) is 0 Å². The molecule has 2 aromatic rings. The van der Waals surface area contributed by atoms with Gasteiger partial charge in [-0.3, -0.25) is 4.79 Å². The van der Waals surface area contributed by atoms with Gasteiger partial charge >= 0.3 is 0 Å². The van der Waals surface area contributed by atoms with Crippen LogP contribution in [0.15, 0.2) is 42.5 Å². The lowest BCUT2D eigenvalue weighted by Crippen LogP contribution is -2.15. The molecule has 6 heteroatoms. The highest BCUT2D eigenvalue weighted by atomic mass is 35.5. The van der Waals surface area contributed by atoms with Gasteiger partial charge in [-0.05, 0) is 42.8 Å². The van der Waals surface area contributed by atoms with Crippen LogP contribution in [0.25, 0.3) is 0 Å². The average molecular weight is 323 g/mol. The first kappa shape index (κ1) is 16.3. The van der Waals surface area contributed by atoms with Gasteiger partial charge in [-0.1, -0.05) is 23.7 Å². The van der Waals surface area contributed by atoms with Crippen LogP contribution in [0.4, 0.5) is 15.8 Å². The minimum atomic E-state index is -0.570. The highest BCUT2D eigenvalue weighted by Crippen LogP contribution is 2.27. The molecule has 0 saturated heterocycles. The molecule has 3 N–H and O–H groups in total. The van der Waals surface area contributed by atoms with E-state index in [1.54, 1.807) is 24.3 Å². The summed E-state index contributed by atoms with van der Waals surface area (Å²) in [5.41, 5.74) is 2.11. The molecule has 1 unspecified atom stereocenters. The number of nitrogens with one attached hydrogen (secondary N) is 2. The van der Waals surface area contributed by atoms with Gasteiger partial charge in [0, 0.05) is 22.4 Å². The molecule has 22 heavy (non-hydrogen) atoms. The molecule has 0 fully saturated rings. The first-order valence-electron chi connectivity index (χ1n) is 6.72. The van der Waals surface area contributed by atoms with E-state index in [0.717, 1.165) is 11.3 Å². The van der Waals surface area contributed by atoms with Crippen LogP contribution in [0.1, 0.15) is 18.5 Å². The summed E-state index contributed by atoms with van der Waals surface area (Å²) in [5.74, 6) is -0.860. The third-order valence-corrected chi connectivity index (χ3v) is 3.43. The zero-order valence-corrected chi connectivity index (χ0v) is 12.7. The number of benzene rings is 2. The van der Waals surface area contributed by atoms with E-state index in [2.05, 4.69) is 10.6 Å². The second-order valence-corrected chi connectivity index (χ2v) is 5.23. The SMILES string of the molecule is CC(Nc1cccc(NC(=O)CO)c1)c1ccc(F)cc1Cl. The number of halogens is 2. The topological polar surface area (TPSA) is 61.4 Å². The minimum Gasteiger partial charge on any atom is -0.387 e. The molecule has 0 aliphatic carbocycles. The van der Waals surface area contributed by atoms with Crippen molar-refractivity contribution in [2.45, 2.75) is 13.0 Å². The zero-order valence-electron chi connectivity index (χ0n) is 11.9. The number of hydrogen-bond donors (Lipinski definition) is 3. The first-order valence-corrected chi connectivity index (χ1v) is 7.09. The third kappa shape index (κ3) is 4.19. The van der Waals surface area contributed by atoms with E-state index in [9.17, 15) is 9.18 Å². The summed E-state index contributed by atoms with van der Waals surface area (Å²) in [6.07, 6.45) is 0. The summed E-state index contributed by atoms with van der Waals surface area (Å²) in [7, 11) is 0. The zero-order chi connectivity index (χ0) is 16.1. The highest BCUT2D eigenvalue weighted by Gasteiger charge is 2.11. The third-order valence-electron chi connectivity index (χ3n) is 3.10. The summed E-state index contributed by atoms with van der Waals surface area (Å²) in [6.45, 7) is 1.33. The smallest absolute Gasteiger partial charge is 0.250 e. The van der Waals surface area contributed by atoms with Crippen LogP contribution in [0.2, 0.25) is 5.02 Å². The molecule has 0 saturated carbocycles. The molecule has 2 aromatic carbocycles. The van der Waals surface area contributed by atoms with Gasteiger partial charge in [0.15, 0.2) is 0 Å². The minimum absolute atomic E-state index is 0.142. The molecule has 0 bridgehead atoms. The Morgan fingerprint density at radius 1 is 1.27 bits per heavy atom. The maximum absolute atomic E-state index is 13.1. The van der Waals surface area contributed by atoms with Gasteiger partial charge in [0.1, 0.15) is 12.4 Å². The number of anilines is 2. The predicted molar refractivity (Wildman–Crippen MR) is 85.6 cm³/mol. The van der Waals surface area contributed by atoms with Crippen molar-refractivity contribution in [1.82, 2.24) is 0 Å². The van der Waals surface area contributed by atoms with Crippen LogP contribution in [-0.4, -0.2) is 17.6 Å². The van der Waals surface area contributed by atoms with E-state index < -0.39 is 12.5 Å². The molecule has 116 valence electrons. The fraction of sp³-hybridized carbons (Fsp3) is 0.188. The molecule has 0 aromatic heterocycles. The lowest BCUT2D eigenvalue weighted by atomic mass is 10.1. The lowest BCUT2D eigenvalue weighted by molar-refractivity contribution is -0.118. The maximum Gasteiger partial charge on any atom is 0.250 e. The van der Waals surface area contributed by atoms with Crippen molar-refractivity contribution in [3.05, 3.63) is 58.9 Å². The molecule has 1 atom stereocenters. The Labute approximate surface area is 132 Å². The summed E-state index contributed by atoms with van der Waals surface area (Å²) in [6, 6.07) is 11.2. The Morgan fingerprint density at radius 3 is 2.68 bits per heavy atom. The lowest BCUT2D eigenvalue weighted by Gasteiger charge is -2.17. The standard InChI is InChI=1S/C16H16ClFN2O2/c1-10(14-6-5-11(18)7-15(14)17)19-12-3-2-4-13(8-12)20-16(22)9-21/h2-8,10,19,21H,9H2,1H3,(H,20,22). The predicted octanol–water partition coefficient (Wildman–Crippen LogP) is 3.58. The number of carbonyl (C=O) groups is 1. The Kier molecular flexibility index (Phi) is 5.35. The largest absolute Gasteiger partial charge is 0.387 e. The van der Waals surface area contributed by atoms with Crippen LogP contribution < -0.4 is 10.6 Å². The van der Waals surface area contributed by atoms with Crippen LogP contribution >= 0.6 is 11.6 Å². The van der Waals surface area contributed by atoms with Crippen LogP contribution in [-0.2, 0) is 4.79 Å². The normalized spacial score (nSPS) is 11.8. The molecular weight excluding hydrogens is 307 g/mol. The Hall–Kier alpha value is -2.11. The summed E-state index contributed by atoms with van der Waals surface area (Å²) < 4.78 is 13.1. The van der Waals surface area contributed by atoms with Gasteiger partial charge in [0.25, 0.3) is 0 Å². The van der Waals surface area contributed by atoms with Gasteiger partial charge in [0.05, 0.1) is 0 Å². The van der Waals surface area contributed by atoms with E-state index in [0.29, 0.717) is 10.7 Å². The first-order chi connectivity index (χ1) is 10.5. The number of aliphatic hydroxyl groups excluding tert-OH is 1. The molecule has 2 rings (SSSR count). The molecule has 0 spiro atoms. The molecule has 1 amide bonds. The summed E-state index contributed by atoms with van der Waals surface area (Å²) in [4.78, 5) is 11.2. The van der Waals surface area contributed by atoms with Crippen molar-refractivity contribution in [1.29, 1.82) is 0 Å². The molecular formula is C16H16ClFN2O2. The highest BCUT2D eigenvalue weighted by molar-refractivity contribution is 6.31. The average Bonchev–Trinajstić information content (AvgIpc) is 2.47. The van der Waals surface area contributed by atoms with Crippen molar-refractivity contribution in [2.75, 3.05) is 17.2 Å². The van der Waals surface area contributed by atoms with E-state index >= 15 is 0 Å².